The SMILES string of the molecule is CC(C)c1ccccc1-c1cc(O)no1. The average Bonchev–Trinajstić information content (AvgIpc) is 2.65. The molecule has 0 unspecified atom stereocenters. The Kier molecular flexibility index (Phi) is 2.46. The highest BCUT2D eigenvalue weighted by Gasteiger charge is 2.11. The summed E-state index contributed by atoms with van der Waals surface area (Å²) in [6.07, 6.45) is 0. The van der Waals surface area contributed by atoms with Gasteiger partial charge in [-0.2, -0.15) is 0 Å². The Balaban J connectivity index is 2.52. The van der Waals surface area contributed by atoms with E-state index >= 15 is 0 Å². The molecule has 1 aromatic carbocycles. The normalized spacial score (nSPS) is 10.9. The monoisotopic (exact) mass is 203 g/mol. The highest BCUT2D eigenvalue weighted by Crippen LogP contribution is 2.30. The Morgan fingerprint density at radius 2 is 2.00 bits per heavy atom. The molecule has 0 bridgehead atoms. The van der Waals surface area contributed by atoms with Gasteiger partial charge in [-0.25, -0.2) is 0 Å². The van der Waals surface area contributed by atoms with Gasteiger partial charge >= 0.3 is 0 Å². The van der Waals surface area contributed by atoms with Gasteiger partial charge in [-0.15, -0.1) is 0 Å². The van der Waals surface area contributed by atoms with Crippen molar-refractivity contribution in [3.8, 4) is 17.2 Å². The van der Waals surface area contributed by atoms with Crippen LogP contribution in [-0.4, -0.2) is 10.3 Å². The molecule has 0 saturated heterocycles. The van der Waals surface area contributed by atoms with Gasteiger partial charge in [0.2, 0.25) is 0 Å². The van der Waals surface area contributed by atoms with Gasteiger partial charge in [0.1, 0.15) is 0 Å². The maximum Gasteiger partial charge on any atom is 0.252 e. The standard InChI is InChI=1S/C12H13NO2/c1-8(2)9-5-3-4-6-10(9)11-7-12(14)13-15-11/h3-8H,1-2H3,(H,13,14). The van der Waals surface area contributed by atoms with Crippen molar-refractivity contribution in [3.05, 3.63) is 35.9 Å². The van der Waals surface area contributed by atoms with Crippen LogP contribution in [0.2, 0.25) is 0 Å². The van der Waals surface area contributed by atoms with Crippen LogP contribution >= 0.6 is 0 Å². The molecule has 1 heterocycles. The van der Waals surface area contributed by atoms with Gasteiger partial charge in [0.15, 0.2) is 5.76 Å². The van der Waals surface area contributed by atoms with Crippen LogP contribution in [0.5, 0.6) is 5.88 Å². The zero-order valence-corrected chi connectivity index (χ0v) is 8.77. The molecule has 15 heavy (non-hydrogen) atoms. The van der Waals surface area contributed by atoms with Crippen molar-refractivity contribution < 1.29 is 9.63 Å². The highest BCUT2D eigenvalue weighted by atomic mass is 16.5. The average molecular weight is 203 g/mol. The van der Waals surface area contributed by atoms with Gasteiger partial charge in [-0.1, -0.05) is 38.1 Å². The summed E-state index contributed by atoms with van der Waals surface area (Å²) >= 11 is 0. The second-order valence-corrected chi connectivity index (χ2v) is 3.79. The van der Waals surface area contributed by atoms with Crippen molar-refractivity contribution in [2.45, 2.75) is 19.8 Å². The lowest BCUT2D eigenvalue weighted by atomic mass is 9.96. The number of hydrogen-bond acceptors (Lipinski definition) is 3. The van der Waals surface area contributed by atoms with E-state index in [1.165, 1.54) is 11.6 Å². The first-order valence-corrected chi connectivity index (χ1v) is 4.93. The predicted octanol–water partition coefficient (Wildman–Crippen LogP) is 3.17. The van der Waals surface area contributed by atoms with Crippen molar-refractivity contribution in [3.63, 3.8) is 0 Å². The van der Waals surface area contributed by atoms with Crippen LogP contribution < -0.4 is 0 Å². The van der Waals surface area contributed by atoms with E-state index < -0.39 is 0 Å². The van der Waals surface area contributed by atoms with E-state index in [4.69, 9.17) is 9.63 Å². The summed E-state index contributed by atoms with van der Waals surface area (Å²) in [6.45, 7) is 4.24. The lowest BCUT2D eigenvalue weighted by Gasteiger charge is -2.09. The Hall–Kier alpha value is -1.77. The number of aromatic hydroxyl groups is 1. The van der Waals surface area contributed by atoms with Crippen molar-refractivity contribution >= 4 is 0 Å². The molecule has 0 atom stereocenters. The van der Waals surface area contributed by atoms with Crippen LogP contribution in [-0.2, 0) is 0 Å². The molecule has 2 rings (SSSR count). The van der Waals surface area contributed by atoms with Crippen LogP contribution in [0.15, 0.2) is 34.9 Å². The van der Waals surface area contributed by atoms with Gasteiger partial charge in [0.25, 0.3) is 5.88 Å². The molecular formula is C12H13NO2. The first-order chi connectivity index (χ1) is 7.18. The molecular weight excluding hydrogens is 190 g/mol. The Bertz CT molecular complexity index is 460. The van der Waals surface area contributed by atoms with Crippen molar-refractivity contribution in [2.24, 2.45) is 0 Å². The van der Waals surface area contributed by atoms with E-state index in [0.717, 1.165) is 5.56 Å². The summed E-state index contributed by atoms with van der Waals surface area (Å²) in [4.78, 5) is 0. The van der Waals surface area contributed by atoms with Gasteiger partial charge < -0.3 is 9.63 Å². The molecule has 1 N–H and O–H groups in total. The van der Waals surface area contributed by atoms with E-state index in [0.29, 0.717) is 11.7 Å². The van der Waals surface area contributed by atoms with Crippen LogP contribution in [0.3, 0.4) is 0 Å². The molecule has 0 radical (unpaired) electrons. The number of aromatic nitrogens is 1. The summed E-state index contributed by atoms with van der Waals surface area (Å²) in [5.41, 5.74) is 2.17. The molecule has 0 saturated carbocycles. The van der Waals surface area contributed by atoms with Crippen molar-refractivity contribution in [1.29, 1.82) is 0 Å². The number of hydrogen-bond donors (Lipinski definition) is 1. The van der Waals surface area contributed by atoms with Crippen LogP contribution in [0.1, 0.15) is 25.3 Å². The summed E-state index contributed by atoms with van der Waals surface area (Å²) in [7, 11) is 0. The molecule has 0 spiro atoms. The predicted molar refractivity (Wildman–Crippen MR) is 57.7 cm³/mol. The summed E-state index contributed by atoms with van der Waals surface area (Å²) in [6, 6.07) is 9.49. The molecule has 78 valence electrons. The molecule has 0 amide bonds. The van der Waals surface area contributed by atoms with Crippen LogP contribution in [0.25, 0.3) is 11.3 Å². The second kappa shape index (κ2) is 3.77. The third-order valence-electron chi connectivity index (χ3n) is 2.35. The summed E-state index contributed by atoms with van der Waals surface area (Å²) in [5, 5.41) is 12.6. The lowest BCUT2D eigenvalue weighted by molar-refractivity contribution is 0.365. The number of nitrogens with zero attached hydrogens (tertiary/aromatic N) is 1. The topological polar surface area (TPSA) is 46.3 Å². The minimum absolute atomic E-state index is 0.0800. The smallest absolute Gasteiger partial charge is 0.252 e. The maximum absolute atomic E-state index is 9.14. The van der Waals surface area contributed by atoms with E-state index in [9.17, 15) is 0 Å². The third-order valence-corrected chi connectivity index (χ3v) is 2.35. The molecule has 0 fully saturated rings. The van der Waals surface area contributed by atoms with Gasteiger partial charge in [0.05, 0.1) is 0 Å². The number of rotatable bonds is 2. The molecule has 2 aromatic rings. The van der Waals surface area contributed by atoms with Gasteiger partial charge in [0, 0.05) is 11.6 Å². The Labute approximate surface area is 88.3 Å². The van der Waals surface area contributed by atoms with Crippen LogP contribution in [0.4, 0.5) is 0 Å². The molecule has 0 aliphatic heterocycles. The van der Waals surface area contributed by atoms with Crippen LogP contribution in [0, 0.1) is 0 Å². The molecule has 1 aromatic heterocycles. The first kappa shape index (κ1) is 9.77. The zero-order valence-electron chi connectivity index (χ0n) is 8.77. The fourth-order valence-electron chi connectivity index (χ4n) is 1.62. The minimum atomic E-state index is -0.0800. The first-order valence-electron chi connectivity index (χ1n) is 4.93. The summed E-state index contributed by atoms with van der Waals surface area (Å²) in [5.74, 6) is 0.939. The molecule has 3 heteroatoms. The second-order valence-electron chi connectivity index (χ2n) is 3.79. The highest BCUT2D eigenvalue weighted by molar-refractivity contribution is 5.63. The molecule has 3 nitrogen and oxygen atoms in total. The van der Waals surface area contributed by atoms with E-state index in [1.54, 1.807) is 0 Å². The fraction of sp³-hybridized carbons (Fsp3) is 0.250. The van der Waals surface area contributed by atoms with E-state index in [-0.39, 0.29) is 5.88 Å². The largest absolute Gasteiger partial charge is 0.491 e. The maximum atomic E-state index is 9.14. The third kappa shape index (κ3) is 1.86. The van der Waals surface area contributed by atoms with Crippen molar-refractivity contribution in [2.75, 3.05) is 0 Å². The van der Waals surface area contributed by atoms with E-state index in [1.807, 2.05) is 18.2 Å². The molecule has 0 aliphatic carbocycles. The number of benzene rings is 1. The van der Waals surface area contributed by atoms with Gasteiger partial charge in [-0.3, -0.25) is 0 Å². The lowest BCUT2D eigenvalue weighted by Crippen LogP contribution is -1.90. The Morgan fingerprint density at radius 1 is 1.27 bits per heavy atom. The quantitative estimate of drug-likeness (QED) is 0.815. The van der Waals surface area contributed by atoms with E-state index in [2.05, 4.69) is 25.1 Å². The fourth-order valence-corrected chi connectivity index (χ4v) is 1.62. The minimum Gasteiger partial charge on any atom is -0.491 e. The summed E-state index contributed by atoms with van der Waals surface area (Å²) < 4.78 is 5.04. The van der Waals surface area contributed by atoms with Crippen molar-refractivity contribution in [1.82, 2.24) is 5.16 Å². The van der Waals surface area contributed by atoms with Gasteiger partial charge in [-0.05, 0) is 16.6 Å². The zero-order chi connectivity index (χ0) is 10.8. The Morgan fingerprint density at radius 3 is 2.60 bits per heavy atom. The molecule has 0 aliphatic rings.